The van der Waals surface area contributed by atoms with E-state index >= 15 is 0 Å². The third-order valence-electron chi connectivity index (χ3n) is 2.70. The molecule has 1 aromatic heterocycles. The molecule has 0 radical (unpaired) electrons. The normalized spacial score (nSPS) is 12.4. The van der Waals surface area contributed by atoms with Crippen molar-refractivity contribution in [3.8, 4) is 11.1 Å². The van der Waals surface area contributed by atoms with Crippen LogP contribution < -0.4 is 0 Å². The number of aromatic nitrogens is 1. The van der Waals surface area contributed by atoms with Crippen LogP contribution in [0.15, 0.2) is 47.6 Å². The SMILES string of the molecule is CS(=O)(=O)c1ccc(-c2cccnc2)c(C(F)(F)F)c1. The summed E-state index contributed by atoms with van der Waals surface area (Å²) in [6.45, 7) is 0. The Hall–Kier alpha value is -1.89. The molecule has 0 spiro atoms. The first-order chi connectivity index (χ1) is 9.19. The van der Waals surface area contributed by atoms with Crippen LogP contribution in [-0.4, -0.2) is 19.7 Å². The van der Waals surface area contributed by atoms with Gasteiger partial charge in [-0.1, -0.05) is 12.1 Å². The van der Waals surface area contributed by atoms with Gasteiger partial charge in [0.15, 0.2) is 9.84 Å². The fraction of sp³-hybridized carbons (Fsp3) is 0.154. The van der Waals surface area contributed by atoms with Crippen molar-refractivity contribution >= 4 is 9.84 Å². The lowest BCUT2D eigenvalue weighted by Gasteiger charge is -2.14. The smallest absolute Gasteiger partial charge is 0.264 e. The first-order valence-electron chi connectivity index (χ1n) is 5.51. The van der Waals surface area contributed by atoms with Gasteiger partial charge in [-0.25, -0.2) is 8.42 Å². The lowest BCUT2D eigenvalue weighted by Crippen LogP contribution is -2.09. The average Bonchev–Trinajstić information content (AvgIpc) is 2.37. The highest BCUT2D eigenvalue weighted by Gasteiger charge is 2.34. The number of sulfone groups is 1. The molecule has 0 N–H and O–H groups in total. The zero-order chi connectivity index (χ0) is 15.0. The topological polar surface area (TPSA) is 47.0 Å². The Labute approximate surface area is 114 Å². The molecule has 0 aliphatic carbocycles. The second-order valence-electron chi connectivity index (χ2n) is 4.22. The van der Waals surface area contributed by atoms with Crippen LogP contribution in [0.25, 0.3) is 11.1 Å². The minimum Gasteiger partial charge on any atom is -0.264 e. The molecule has 1 aromatic carbocycles. The first kappa shape index (κ1) is 14.5. The van der Waals surface area contributed by atoms with Crippen LogP contribution in [0, 0.1) is 0 Å². The molecule has 0 atom stereocenters. The molecule has 7 heteroatoms. The maximum Gasteiger partial charge on any atom is 0.417 e. The summed E-state index contributed by atoms with van der Waals surface area (Å²) in [6.07, 6.45) is -1.04. The number of hydrogen-bond donors (Lipinski definition) is 0. The van der Waals surface area contributed by atoms with Gasteiger partial charge in [0, 0.05) is 24.2 Å². The van der Waals surface area contributed by atoms with Crippen LogP contribution >= 0.6 is 0 Å². The van der Waals surface area contributed by atoms with Crippen molar-refractivity contribution in [3.63, 3.8) is 0 Å². The Bertz CT molecular complexity index is 725. The molecule has 3 nitrogen and oxygen atoms in total. The minimum atomic E-state index is -4.65. The maximum atomic E-state index is 13.1. The Morgan fingerprint density at radius 1 is 1.15 bits per heavy atom. The van der Waals surface area contributed by atoms with Crippen LogP contribution in [0.4, 0.5) is 13.2 Å². The summed E-state index contributed by atoms with van der Waals surface area (Å²) in [5.74, 6) is 0. The van der Waals surface area contributed by atoms with Gasteiger partial charge in [-0.15, -0.1) is 0 Å². The molecule has 0 aliphatic rings. The highest BCUT2D eigenvalue weighted by Crippen LogP contribution is 2.38. The second-order valence-corrected chi connectivity index (χ2v) is 6.23. The van der Waals surface area contributed by atoms with Gasteiger partial charge in [0.2, 0.25) is 0 Å². The third kappa shape index (κ3) is 2.98. The molecule has 0 saturated heterocycles. The van der Waals surface area contributed by atoms with E-state index in [0.29, 0.717) is 6.07 Å². The number of halogens is 3. The second kappa shape index (κ2) is 4.90. The molecular weight excluding hydrogens is 291 g/mol. The number of hydrogen-bond acceptors (Lipinski definition) is 3. The summed E-state index contributed by atoms with van der Waals surface area (Å²) in [6, 6.07) is 5.96. The molecule has 0 amide bonds. The fourth-order valence-corrected chi connectivity index (χ4v) is 2.41. The van der Waals surface area contributed by atoms with Crippen molar-refractivity contribution in [2.24, 2.45) is 0 Å². The van der Waals surface area contributed by atoms with Crippen LogP contribution in [0.1, 0.15) is 5.56 Å². The van der Waals surface area contributed by atoms with Gasteiger partial charge >= 0.3 is 6.18 Å². The van der Waals surface area contributed by atoms with E-state index in [4.69, 9.17) is 0 Å². The molecule has 2 rings (SSSR count). The first-order valence-corrected chi connectivity index (χ1v) is 7.40. The Morgan fingerprint density at radius 2 is 1.85 bits per heavy atom. The summed E-state index contributed by atoms with van der Waals surface area (Å²) in [4.78, 5) is 3.41. The monoisotopic (exact) mass is 301 g/mol. The summed E-state index contributed by atoms with van der Waals surface area (Å²) in [7, 11) is -3.70. The molecule has 0 unspecified atom stereocenters. The predicted molar refractivity (Wildman–Crippen MR) is 67.8 cm³/mol. The zero-order valence-corrected chi connectivity index (χ0v) is 11.2. The standard InChI is InChI=1S/C13H10F3NO2S/c1-20(18,19)10-4-5-11(9-3-2-6-17-8-9)12(7-10)13(14,15)16/h2-8H,1H3. The van der Waals surface area contributed by atoms with Crippen LogP contribution in [0.3, 0.4) is 0 Å². The highest BCUT2D eigenvalue weighted by molar-refractivity contribution is 7.90. The van der Waals surface area contributed by atoms with Gasteiger partial charge in [0.25, 0.3) is 0 Å². The minimum absolute atomic E-state index is 0.0991. The van der Waals surface area contributed by atoms with E-state index in [-0.39, 0.29) is 16.0 Å². The predicted octanol–water partition coefficient (Wildman–Crippen LogP) is 3.17. The van der Waals surface area contributed by atoms with E-state index in [9.17, 15) is 21.6 Å². The number of alkyl halides is 3. The van der Waals surface area contributed by atoms with Crippen molar-refractivity contribution in [2.45, 2.75) is 11.1 Å². The van der Waals surface area contributed by atoms with E-state index in [0.717, 1.165) is 18.4 Å². The van der Waals surface area contributed by atoms with Crippen molar-refractivity contribution in [1.29, 1.82) is 0 Å². The van der Waals surface area contributed by atoms with Crippen molar-refractivity contribution in [3.05, 3.63) is 48.3 Å². The van der Waals surface area contributed by atoms with E-state index in [2.05, 4.69) is 4.98 Å². The zero-order valence-electron chi connectivity index (χ0n) is 10.3. The molecule has 0 bridgehead atoms. The third-order valence-corrected chi connectivity index (χ3v) is 3.81. The number of nitrogens with zero attached hydrogens (tertiary/aromatic N) is 1. The lowest BCUT2D eigenvalue weighted by atomic mass is 10.0. The van der Waals surface area contributed by atoms with Gasteiger partial charge in [0.05, 0.1) is 10.5 Å². The van der Waals surface area contributed by atoms with Crippen LogP contribution in [0.2, 0.25) is 0 Å². The van der Waals surface area contributed by atoms with Crippen molar-refractivity contribution in [2.75, 3.05) is 6.26 Å². The van der Waals surface area contributed by atoms with Crippen molar-refractivity contribution in [1.82, 2.24) is 4.98 Å². The van der Waals surface area contributed by atoms with Gasteiger partial charge < -0.3 is 0 Å². The summed E-state index contributed by atoms with van der Waals surface area (Å²) in [5, 5.41) is 0. The number of pyridine rings is 1. The van der Waals surface area contributed by atoms with Gasteiger partial charge in [0.1, 0.15) is 0 Å². The molecule has 20 heavy (non-hydrogen) atoms. The van der Waals surface area contributed by atoms with E-state index in [1.165, 1.54) is 24.5 Å². The van der Waals surface area contributed by atoms with E-state index < -0.39 is 21.6 Å². The molecule has 1 heterocycles. The van der Waals surface area contributed by atoms with Gasteiger partial charge in [-0.3, -0.25) is 4.98 Å². The summed E-state index contributed by atoms with van der Waals surface area (Å²) < 4.78 is 62.0. The van der Waals surface area contributed by atoms with Gasteiger partial charge in [-0.05, 0) is 23.8 Å². The molecule has 2 aromatic rings. The molecule has 0 fully saturated rings. The largest absolute Gasteiger partial charge is 0.417 e. The highest BCUT2D eigenvalue weighted by atomic mass is 32.2. The average molecular weight is 301 g/mol. The Balaban J connectivity index is 2.71. The van der Waals surface area contributed by atoms with E-state index in [1.807, 2.05) is 0 Å². The van der Waals surface area contributed by atoms with Gasteiger partial charge in [-0.2, -0.15) is 13.2 Å². The summed E-state index contributed by atoms with van der Waals surface area (Å²) in [5.41, 5.74) is -0.814. The Morgan fingerprint density at radius 3 is 2.35 bits per heavy atom. The van der Waals surface area contributed by atoms with Crippen molar-refractivity contribution < 1.29 is 21.6 Å². The lowest BCUT2D eigenvalue weighted by molar-refractivity contribution is -0.137. The quantitative estimate of drug-likeness (QED) is 0.856. The molecule has 0 aliphatic heterocycles. The van der Waals surface area contributed by atoms with Crippen LogP contribution in [-0.2, 0) is 16.0 Å². The molecular formula is C13H10F3NO2S. The fourth-order valence-electron chi connectivity index (χ4n) is 1.76. The van der Waals surface area contributed by atoms with E-state index in [1.54, 1.807) is 0 Å². The maximum absolute atomic E-state index is 13.1. The Kier molecular flexibility index (Phi) is 3.56. The molecule has 106 valence electrons. The number of benzene rings is 1. The molecule has 0 saturated carbocycles. The van der Waals surface area contributed by atoms with Crippen LogP contribution in [0.5, 0.6) is 0 Å². The summed E-state index contributed by atoms with van der Waals surface area (Å²) >= 11 is 0. The number of rotatable bonds is 2.